The normalized spacial score (nSPS) is 10.2. The molecule has 0 radical (unpaired) electrons. The quantitative estimate of drug-likeness (QED) is 0.756. The standard InChI is InChI=1S/C17H14ClN3O/c18-16-10-11-17(21-20-16)19-14-8-4-5-9-15(14)22-12-13-6-2-1-3-7-13/h1-11H,12H2,(H,19,21). The number of nitrogens with zero attached hydrogens (tertiary/aromatic N) is 2. The zero-order valence-electron chi connectivity index (χ0n) is 11.7. The van der Waals surface area contributed by atoms with Crippen LogP contribution in [0.25, 0.3) is 0 Å². The first kappa shape index (κ1) is 14.4. The molecule has 0 unspecified atom stereocenters. The van der Waals surface area contributed by atoms with Crippen LogP contribution in [0.4, 0.5) is 11.5 Å². The van der Waals surface area contributed by atoms with Gasteiger partial charge in [0.25, 0.3) is 0 Å². The van der Waals surface area contributed by atoms with Crippen LogP contribution in [0.2, 0.25) is 5.15 Å². The van der Waals surface area contributed by atoms with Gasteiger partial charge in [0.15, 0.2) is 11.0 Å². The zero-order chi connectivity index (χ0) is 15.2. The lowest BCUT2D eigenvalue weighted by Gasteiger charge is -2.12. The van der Waals surface area contributed by atoms with E-state index >= 15 is 0 Å². The molecule has 3 rings (SSSR count). The molecule has 4 nitrogen and oxygen atoms in total. The molecule has 2 aromatic carbocycles. The van der Waals surface area contributed by atoms with Crippen LogP contribution in [0.3, 0.4) is 0 Å². The first-order valence-electron chi connectivity index (χ1n) is 6.83. The van der Waals surface area contributed by atoms with E-state index in [1.54, 1.807) is 12.1 Å². The fraction of sp³-hybridized carbons (Fsp3) is 0.0588. The van der Waals surface area contributed by atoms with E-state index in [0.29, 0.717) is 17.6 Å². The molecule has 0 spiro atoms. The van der Waals surface area contributed by atoms with Crippen molar-refractivity contribution in [3.8, 4) is 5.75 Å². The van der Waals surface area contributed by atoms with Crippen LogP contribution in [0, 0.1) is 0 Å². The molecule has 22 heavy (non-hydrogen) atoms. The topological polar surface area (TPSA) is 47.0 Å². The number of benzene rings is 2. The lowest BCUT2D eigenvalue weighted by Crippen LogP contribution is -2.00. The Kier molecular flexibility index (Phi) is 4.51. The summed E-state index contributed by atoms with van der Waals surface area (Å²) in [6.45, 7) is 0.506. The molecule has 0 bridgehead atoms. The highest BCUT2D eigenvalue weighted by molar-refractivity contribution is 6.29. The molecule has 0 amide bonds. The summed E-state index contributed by atoms with van der Waals surface area (Å²) in [6.07, 6.45) is 0. The maximum Gasteiger partial charge on any atom is 0.153 e. The van der Waals surface area contributed by atoms with Crippen LogP contribution in [-0.4, -0.2) is 10.2 Å². The molecule has 0 fully saturated rings. The predicted molar refractivity (Wildman–Crippen MR) is 87.5 cm³/mol. The SMILES string of the molecule is Clc1ccc(Nc2ccccc2OCc2ccccc2)nn1. The van der Waals surface area contributed by atoms with E-state index in [-0.39, 0.29) is 0 Å². The van der Waals surface area contributed by atoms with Gasteiger partial charge in [-0.2, -0.15) is 0 Å². The van der Waals surface area contributed by atoms with Gasteiger partial charge in [-0.1, -0.05) is 54.1 Å². The highest BCUT2D eigenvalue weighted by atomic mass is 35.5. The summed E-state index contributed by atoms with van der Waals surface area (Å²) in [6, 6.07) is 21.2. The van der Waals surface area contributed by atoms with Crippen molar-refractivity contribution in [2.75, 3.05) is 5.32 Å². The lowest BCUT2D eigenvalue weighted by atomic mass is 10.2. The summed E-state index contributed by atoms with van der Waals surface area (Å²) in [5.74, 6) is 1.36. The van der Waals surface area contributed by atoms with Gasteiger partial charge < -0.3 is 10.1 Å². The van der Waals surface area contributed by atoms with Crippen molar-refractivity contribution in [3.63, 3.8) is 0 Å². The average Bonchev–Trinajstić information content (AvgIpc) is 2.57. The molecule has 1 aromatic heterocycles. The van der Waals surface area contributed by atoms with E-state index < -0.39 is 0 Å². The molecule has 110 valence electrons. The number of hydrogen-bond acceptors (Lipinski definition) is 4. The first-order chi connectivity index (χ1) is 10.8. The molecule has 0 aliphatic rings. The molecule has 3 aromatic rings. The van der Waals surface area contributed by atoms with Crippen molar-refractivity contribution in [2.45, 2.75) is 6.61 Å². The fourth-order valence-corrected chi connectivity index (χ4v) is 2.05. The van der Waals surface area contributed by atoms with Crippen LogP contribution in [0.1, 0.15) is 5.56 Å². The molecule has 1 heterocycles. The Balaban J connectivity index is 1.73. The van der Waals surface area contributed by atoms with Gasteiger partial charge in [0.1, 0.15) is 12.4 Å². The summed E-state index contributed by atoms with van der Waals surface area (Å²) in [5, 5.41) is 11.3. The maximum absolute atomic E-state index is 5.88. The molecule has 0 saturated heterocycles. The van der Waals surface area contributed by atoms with Gasteiger partial charge in [0, 0.05) is 0 Å². The second kappa shape index (κ2) is 6.91. The third kappa shape index (κ3) is 3.74. The summed E-state index contributed by atoms with van der Waals surface area (Å²) in [7, 11) is 0. The van der Waals surface area contributed by atoms with E-state index in [4.69, 9.17) is 16.3 Å². The molecule has 0 aliphatic heterocycles. The van der Waals surface area contributed by atoms with Gasteiger partial charge >= 0.3 is 0 Å². The third-order valence-electron chi connectivity index (χ3n) is 3.02. The van der Waals surface area contributed by atoms with Gasteiger partial charge in [-0.25, -0.2) is 0 Å². The van der Waals surface area contributed by atoms with Crippen molar-refractivity contribution < 1.29 is 4.74 Å². The van der Waals surface area contributed by atoms with Crippen molar-refractivity contribution in [1.82, 2.24) is 10.2 Å². The Morgan fingerprint density at radius 1 is 0.864 bits per heavy atom. The van der Waals surface area contributed by atoms with Crippen molar-refractivity contribution in [3.05, 3.63) is 77.4 Å². The van der Waals surface area contributed by atoms with Gasteiger partial charge in [-0.05, 0) is 29.8 Å². The minimum Gasteiger partial charge on any atom is -0.487 e. The molecular formula is C17H14ClN3O. The Morgan fingerprint density at radius 3 is 2.41 bits per heavy atom. The van der Waals surface area contributed by atoms with Gasteiger partial charge in [0.2, 0.25) is 0 Å². The third-order valence-corrected chi connectivity index (χ3v) is 3.22. The molecule has 0 aliphatic carbocycles. The average molecular weight is 312 g/mol. The van der Waals surface area contributed by atoms with Crippen LogP contribution in [-0.2, 0) is 6.61 Å². The molecule has 0 saturated carbocycles. The van der Waals surface area contributed by atoms with Crippen LogP contribution >= 0.6 is 11.6 Å². The Hall–Kier alpha value is -2.59. The van der Waals surface area contributed by atoms with Crippen molar-refractivity contribution in [1.29, 1.82) is 0 Å². The number of halogens is 1. The summed E-state index contributed by atoms with van der Waals surface area (Å²) in [5.41, 5.74) is 1.94. The number of para-hydroxylation sites is 2. The predicted octanol–water partition coefficient (Wildman–Crippen LogP) is 4.45. The van der Waals surface area contributed by atoms with Crippen LogP contribution in [0.5, 0.6) is 5.75 Å². The molecule has 5 heteroatoms. The Morgan fingerprint density at radius 2 is 1.64 bits per heavy atom. The zero-order valence-corrected chi connectivity index (χ0v) is 12.5. The number of hydrogen-bond donors (Lipinski definition) is 1. The largest absolute Gasteiger partial charge is 0.487 e. The van der Waals surface area contributed by atoms with Crippen molar-refractivity contribution >= 4 is 23.1 Å². The molecular weight excluding hydrogens is 298 g/mol. The second-order valence-electron chi connectivity index (χ2n) is 4.64. The number of nitrogens with one attached hydrogen (secondary N) is 1. The van der Waals surface area contributed by atoms with Gasteiger partial charge in [-0.15, -0.1) is 10.2 Å². The van der Waals surface area contributed by atoms with E-state index in [0.717, 1.165) is 17.0 Å². The number of anilines is 2. The lowest BCUT2D eigenvalue weighted by molar-refractivity contribution is 0.308. The fourth-order valence-electron chi connectivity index (χ4n) is 1.95. The first-order valence-corrected chi connectivity index (χ1v) is 7.21. The van der Waals surface area contributed by atoms with E-state index in [1.807, 2.05) is 54.6 Å². The monoisotopic (exact) mass is 311 g/mol. The number of ether oxygens (including phenoxy) is 1. The van der Waals surface area contributed by atoms with E-state index in [1.165, 1.54) is 0 Å². The van der Waals surface area contributed by atoms with E-state index in [2.05, 4.69) is 15.5 Å². The molecule has 1 N–H and O–H groups in total. The minimum absolute atomic E-state index is 0.360. The van der Waals surface area contributed by atoms with Gasteiger partial charge in [0.05, 0.1) is 5.69 Å². The summed E-state index contributed by atoms with van der Waals surface area (Å²) < 4.78 is 5.88. The summed E-state index contributed by atoms with van der Waals surface area (Å²) >= 11 is 5.74. The smallest absolute Gasteiger partial charge is 0.153 e. The van der Waals surface area contributed by atoms with Crippen LogP contribution in [0.15, 0.2) is 66.7 Å². The summed E-state index contributed by atoms with van der Waals surface area (Å²) in [4.78, 5) is 0. The second-order valence-corrected chi connectivity index (χ2v) is 5.02. The highest BCUT2D eigenvalue weighted by Gasteiger charge is 2.05. The highest BCUT2D eigenvalue weighted by Crippen LogP contribution is 2.27. The van der Waals surface area contributed by atoms with Gasteiger partial charge in [-0.3, -0.25) is 0 Å². The number of aromatic nitrogens is 2. The maximum atomic E-state index is 5.88. The molecule has 0 atom stereocenters. The Labute approximate surface area is 133 Å². The number of rotatable bonds is 5. The van der Waals surface area contributed by atoms with Crippen molar-refractivity contribution in [2.24, 2.45) is 0 Å². The van der Waals surface area contributed by atoms with E-state index in [9.17, 15) is 0 Å². The van der Waals surface area contributed by atoms with Crippen LogP contribution < -0.4 is 10.1 Å². The Bertz CT molecular complexity index is 732. The minimum atomic E-state index is 0.360.